The predicted molar refractivity (Wildman–Crippen MR) is 58.0 cm³/mol. The van der Waals surface area contributed by atoms with Crippen molar-refractivity contribution in [1.29, 1.82) is 0 Å². The van der Waals surface area contributed by atoms with Crippen LogP contribution in [0.3, 0.4) is 0 Å². The summed E-state index contributed by atoms with van der Waals surface area (Å²) in [5.74, 6) is 0.900. The van der Waals surface area contributed by atoms with Crippen LogP contribution in [0.25, 0.3) is 0 Å². The Labute approximate surface area is 82.7 Å². The molecule has 0 aromatic rings. The second kappa shape index (κ2) is 3.97. The highest BCUT2D eigenvalue weighted by molar-refractivity contribution is 4.97. The van der Waals surface area contributed by atoms with Crippen molar-refractivity contribution in [3.63, 3.8) is 0 Å². The second-order valence-electron chi connectivity index (χ2n) is 5.07. The smallest absolute Gasteiger partial charge is 0.0294 e. The summed E-state index contributed by atoms with van der Waals surface area (Å²) in [5, 5.41) is 3.43. The third-order valence-corrected chi connectivity index (χ3v) is 3.54. The first-order chi connectivity index (χ1) is 5.99. The minimum atomic E-state index is 0.231. The topological polar surface area (TPSA) is 15.3 Å². The van der Waals surface area contributed by atoms with Gasteiger partial charge in [0.1, 0.15) is 0 Å². The van der Waals surface area contributed by atoms with Gasteiger partial charge in [-0.05, 0) is 53.8 Å². The van der Waals surface area contributed by atoms with Crippen molar-refractivity contribution in [2.75, 3.05) is 21.1 Å². The highest BCUT2D eigenvalue weighted by Gasteiger charge is 2.38. The first kappa shape index (κ1) is 11.0. The molecule has 1 fully saturated rings. The predicted octanol–water partition coefficient (Wildman–Crippen LogP) is 1.71. The van der Waals surface area contributed by atoms with E-state index in [1.54, 1.807) is 0 Å². The standard InChI is InChI=1S/C11H24N2/c1-11(2,12-3)10(13(4)5)9-7-6-8-9/h9-10,12H,6-8H2,1-5H3. The lowest BCUT2D eigenvalue weighted by Crippen LogP contribution is -2.58. The van der Waals surface area contributed by atoms with Crippen LogP contribution in [0.4, 0.5) is 0 Å². The van der Waals surface area contributed by atoms with Gasteiger partial charge in [0.05, 0.1) is 0 Å². The van der Waals surface area contributed by atoms with Crippen molar-refractivity contribution < 1.29 is 0 Å². The van der Waals surface area contributed by atoms with Crippen LogP contribution < -0.4 is 5.32 Å². The molecule has 2 heteroatoms. The zero-order valence-corrected chi connectivity index (χ0v) is 9.72. The summed E-state index contributed by atoms with van der Waals surface area (Å²) in [6, 6.07) is 0.672. The Hall–Kier alpha value is -0.0800. The Bertz CT molecular complexity index is 159. The zero-order valence-electron chi connectivity index (χ0n) is 9.72. The Morgan fingerprint density at radius 3 is 2.08 bits per heavy atom. The molecule has 0 radical (unpaired) electrons. The molecule has 0 bridgehead atoms. The van der Waals surface area contributed by atoms with Crippen molar-refractivity contribution in [3.8, 4) is 0 Å². The molecule has 0 aromatic carbocycles. The lowest BCUT2D eigenvalue weighted by molar-refractivity contribution is 0.0713. The maximum absolute atomic E-state index is 3.43. The van der Waals surface area contributed by atoms with E-state index in [1.807, 2.05) is 0 Å². The quantitative estimate of drug-likeness (QED) is 0.715. The van der Waals surface area contributed by atoms with Crippen LogP contribution in [-0.4, -0.2) is 37.6 Å². The monoisotopic (exact) mass is 184 g/mol. The average Bonchev–Trinajstić information content (AvgIpc) is 1.95. The molecule has 78 valence electrons. The van der Waals surface area contributed by atoms with Gasteiger partial charge in [-0.1, -0.05) is 6.42 Å². The molecular formula is C11H24N2. The molecule has 0 aliphatic heterocycles. The van der Waals surface area contributed by atoms with Crippen LogP contribution in [0.1, 0.15) is 33.1 Å². The van der Waals surface area contributed by atoms with Gasteiger partial charge < -0.3 is 10.2 Å². The molecule has 1 aliphatic rings. The van der Waals surface area contributed by atoms with E-state index < -0.39 is 0 Å². The summed E-state index contributed by atoms with van der Waals surface area (Å²) in [6.07, 6.45) is 4.25. The van der Waals surface area contributed by atoms with Gasteiger partial charge in [0.25, 0.3) is 0 Å². The molecule has 1 aliphatic carbocycles. The van der Waals surface area contributed by atoms with E-state index >= 15 is 0 Å². The van der Waals surface area contributed by atoms with Crippen molar-refractivity contribution in [2.24, 2.45) is 5.92 Å². The fourth-order valence-electron chi connectivity index (χ4n) is 2.56. The molecule has 0 spiro atoms. The highest BCUT2D eigenvalue weighted by atomic mass is 15.2. The van der Waals surface area contributed by atoms with Gasteiger partial charge in [-0.3, -0.25) is 0 Å². The summed E-state index contributed by atoms with van der Waals surface area (Å²) < 4.78 is 0. The molecule has 1 unspecified atom stereocenters. The third kappa shape index (κ3) is 2.23. The van der Waals surface area contributed by atoms with E-state index in [-0.39, 0.29) is 5.54 Å². The van der Waals surface area contributed by atoms with Crippen molar-refractivity contribution >= 4 is 0 Å². The molecule has 0 heterocycles. The highest BCUT2D eigenvalue weighted by Crippen LogP contribution is 2.36. The molecular weight excluding hydrogens is 160 g/mol. The van der Waals surface area contributed by atoms with Crippen molar-refractivity contribution in [2.45, 2.75) is 44.7 Å². The van der Waals surface area contributed by atoms with Gasteiger partial charge in [0.2, 0.25) is 0 Å². The van der Waals surface area contributed by atoms with Crippen LogP contribution in [-0.2, 0) is 0 Å². The molecule has 1 atom stereocenters. The lowest BCUT2D eigenvalue weighted by Gasteiger charge is -2.47. The fraction of sp³-hybridized carbons (Fsp3) is 1.00. The Morgan fingerprint density at radius 1 is 1.31 bits per heavy atom. The molecule has 1 N–H and O–H groups in total. The Morgan fingerprint density at radius 2 is 1.85 bits per heavy atom. The SMILES string of the molecule is CNC(C)(C)C(C1CCC1)N(C)C. The number of nitrogens with zero attached hydrogens (tertiary/aromatic N) is 1. The average molecular weight is 184 g/mol. The third-order valence-electron chi connectivity index (χ3n) is 3.54. The van der Waals surface area contributed by atoms with E-state index in [9.17, 15) is 0 Å². The van der Waals surface area contributed by atoms with Gasteiger partial charge in [0, 0.05) is 11.6 Å². The van der Waals surface area contributed by atoms with Gasteiger partial charge in [-0.2, -0.15) is 0 Å². The normalized spacial score (nSPS) is 21.7. The molecule has 1 saturated carbocycles. The van der Waals surface area contributed by atoms with Gasteiger partial charge in [0.15, 0.2) is 0 Å². The van der Waals surface area contributed by atoms with Gasteiger partial charge >= 0.3 is 0 Å². The van der Waals surface area contributed by atoms with Crippen molar-refractivity contribution in [1.82, 2.24) is 10.2 Å². The molecule has 0 aromatic heterocycles. The van der Waals surface area contributed by atoms with Crippen LogP contribution in [0.15, 0.2) is 0 Å². The number of likely N-dealkylation sites (N-methyl/N-ethyl adjacent to an activating group) is 2. The minimum Gasteiger partial charge on any atom is -0.313 e. The largest absolute Gasteiger partial charge is 0.313 e. The second-order valence-corrected chi connectivity index (χ2v) is 5.07. The Kier molecular flexibility index (Phi) is 3.36. The summed E-state index contributed by atoms with van der Waals surface area (Å²) in [7, 11) is 6.46. The maximum Gasteiger partial charge on any atom is 0.0294 e. The van der Waals surface area contributed by atoms with E-state index in [2.05, 4.69) is 45.2 Å². The first-order valence-electron chi connectivity index (χ1n) is 5.34. The minimum absolute atomic E-state index is 0.231. The summed E-state index contributed by atoms with van der Waals surface area (Å²) in [5.41, 5.74) is 0.231. The van der Waals surface area contributed by atoms with E-state index in [0.29, 0.717) is 6.04 Å². The van der Waals surface area contributed by atoms with Crippen LogP contribution >= 0.6 is 0 Å². The van der Waals surface area contributed by atoms with E-state index in [0.717, 1.165) is 5.92 Å². The van der Waals surface area contributed by atoms with Gasteiger partial charge in [-0.25, -0.2) is 0 Å². The summed E-state index contributed by atoms with van der Waals surface area (Å²) in [6.45, 7) is 4.60. The fourth-order valence-corrected chi connectivity index (χ4v) is 2.56. The maximum atomic E-state index is 3.43. The number of hydrogen-bond donors (Lipinski definition) is 1. The number of nitrogens with one attached hydrogen (secondary N) is 1. The first-order valence-corrected chi connectivity index (χ1v) is 5.34. The van der Waals surface area contributed by atoms with Gasteiger partial charge in [-0.15, -0.1) is 0 Å². The molecule has 1 rings (SSSR count). The molecule has 0 saturated heterocycles. The van der Waals surface area contributed by atoms with E-state index in [4.69, 9.17) is 0 Å². The van der Waals surface area contributed by atoms with E-state index in [1.165, 1.54) is 19.3 Å². The number of hydrogen-bond acceptors (Lipinski definition) is 2. The zero-order chi connectivity index (χ0) is 10.1. The summed E-state index contributed by atoms with van der Waals surface area (Å²) >= 11 is 0. The van der Waals surface area contributed by atoms with Crippen LogP contribution in [0.5, 0.6) is 0 Å². The lowest BCUT2D eigenvalue weighted by atomic mass is 9.72. The van der Waals surface area contributed by atoms with Crippen molar-refractivity contribution in [3.05, 3.63) is 0 Å². The summed E-state index contributed by atoms with van der Waals surface area (Å²) in [4.78, 5) is 2.38. The van der Waals surface area contributed by atoms with Crippen LogP contribution in [0.2, 0.25) is 0 Å². The molecule has 13 heavy (non-hydrogen) atoms. The number of rotatable bonds is 4. The Balaban J connectivity index is 2.66. The van der Waals surface area contributed by atoms with Crippen LogP contribution in [0, 0.1) is 5.92 Å². The molecule has 2 nitrogen and oxygen atoms in total. The molecule has 0 amide bonds.